The molecule has 0 bridgehead atoms. The van der Waals surface area contributed by atoms with E-state index in [1.807, 2.05) is 6.92 Å². The molecule has 1 atom stereocenters. The Morgan fingerprint density at radius 3 is 2.67 bits per heavy atom. The molecule has 12 heavy (non-hydrogen) atoms. The van der Waals surface area contributed by atoms with E-state index in [1.54, 1.807) is 11.6 Å². The number of imidazole rings is 1. The molecule has 0 amide bonds. The molecule has 1 N–H and O–H groups in total. The Morgan fingerprint density at radius 2 is 2.33 bits per heavy atom. The van der Waals surface area contributed by atoms with Crippen molar-refractivity contribution >= 4 is 6.29 Å². The number of nitrogens with zero attached hydrogens (tertiary/aromatic N) is 2. The first-order valence-electron chi connectivity index (χ1n) is 3.66. The highest BCUT2D eigenvalue weighted by atomic mass is 16.3. The van der Waals surface area contributed by atoms with Gasteiger partial charge in [-0.2, -0.15) is 0 Å². The second-order valence-electron chi connectivity index (χ2n) is 3.02. The van der Waals surface area contributed by atoms with Crippen molar-refractivity contribution in [2.24, 2.45) is 7.05 Å². The van der Waals surface area contributed by atoms with Gasteiger partial charge in [0.15, 0.2) is 11.9 Å². The van der Waals surface area contributed by atoms with Crippen LogP contribution in [0, 0.1) is 6.92 Å². The third-order valence-electron chi connectivity index (χ3n) is 1.97. The summed E-state index contributed by atoms with van der Waals surface area (Å²) in [5.74, 6) is 0.770. The molecule has 1 aromatic rings. The van der Waals surface area contributed by atoms with Crippen molar-refractivity contribution in [1.29, 1.82) is 0 Å². The largest absolute Gasteiger partial charge is 0.376 e. The van der Waals surface area contributed by atoms with Crippen LogP contribution in [0.3, 0.4) is 0 Å². The number of aliphatic hydroxyl groups is 1. The normalized spacial score (nSPS) is 15.7. The van der Waals surface area contributed by atoms with Gasteiger partial charge in [-0.25, -0.2) is 4.98 Å². The number of aryl methyl sites for hydroxylation is 1. The van der Waals surface area contributed by atoms with E-state index in [2.05, 4.69) is 4.98 Å². The Labute approximate surface area is 70.9 Å². The molecule has 0 saturated heterocycles. The number of rotatable bonds is 2. The summed E-state index contributed by atoms with van der Waals surface area (Å²) in [6.45, 7) is 3.25. The molecular formula is C8H12N2O2. The first-order chi connectivity index (χ1) is 5.49. The van der Waals surface area contributed by atoms with Crippen molar-refractivity contribution in [2.45, 2.75) is 19.4 Å². The second-order valence-corrected chi connectivity index (χ2v) is 3.02. The minimum Gasteiger partial charge on any atom is -0.376 e. The van der Waals surface area contributed by atoms with Crippen molar-refractivity contribution in [1.82, 2.24) is 9.55 Å². The maximum absolute atomic E-state index is 10.5. The lowest BCUT2D eigenvalue weighted by Gasteiger charge is -2.15. The van der Waals surface area contributed by atoms with Gasteiger partial charge in [0.1, 0.15) is 5.82 Å². The summed E-state index contributed by atoms with van der Waals surface area (Å²) >= 11 is 0. The molecule has 0 aliphatic heterocycles. The summed E-state index contributed by atoms with van der Waals surface area (Å²) in [4.78, 5) is 14.5. The Morgan fingerprint density at radius 1 is 1.75 bits per heavy atom. The van der Waals surface area contributed by atoms with Crippen LogP contribution in [0.5, 0.6) is 0 Å². The predicted octanol–water partition coefficient (Wildman–Crippen LogP) is 0.135. The molecule has 0 aromatic carbocycles. The molecule has 1 heterocycles. The van der Waals surface area contributed by atoms with Crippen molar-refractivity contribution in [2.75, 3.05) is 0 Å². The third-order valence-corrected chi connectivity index (χ3v) is 1.97. The standard InChI is InChI=1S/C8H12N2O2/c1-6-9-4-7(10(6)3)8(2,12)5-11/h4-5,12H,1-3H3. The fourth-order valence-electron chi connectivity index (χ4n) is 1.03. The van der Waals surface area contributed by atoms with Crippen LogP contribution in [-0.4, -0.2) is 20.9 Å². The average molecular weight is 168 g/mol. The summed E-state index contributed by atoms with van der Waals surface area (Å²) in [5, 5.41) is 9.56. The number of hydrogen-bond donors (Lipinski definition) is 1. The molecule has 0 aliphatic rings. The van der Waals surface area contributed by atoms with E-state index in [-0.39, 0.29) is 0 Å². The maximum atomic E-state index is 10.5. The van der Waals surface area contributed by atoms with Gasteiger partial charge >= 0.3 is 0 Å². The highest BCUT2D eigenvalue weighted by Gasteiger charge is 2.25. The van der Waals surface area contributed by atoms with Gasteiger partial charge in [0.25, 0.3) is 0 Å². The van der Waals surface area contributed by atoms with Crippen molar-refractivity contribution < 1.29 is 9.90 Å². The predicted molar refractivity (Wildman–Crippen MR) is 43.6 cm³/mol. The van der Waals surface area contributed by atoms with E-state index >= 15 is 0 Å². The van der Waals surface area contributed by atoms with Crippen molar-refractivity contribution in [3.63, 3.8) is 0 Å². The molecular weight excluding hydrogens is 156 g/mol. The number of hydrogen-bond acceptors (Lipinski definition) is 3. The monoisotopic (exact) mass is 168 g/mol. The minimum absolute atomic E-state index is 0.503. The molecule has 0 fully saturated rings. The molecule has 0 aliphatic carbocycles. The molecule has 0 saturated carbocycles. The lowest BCUT2D eigenvalue weighted by Crippen LogP contribution is -2.25. The van der Waals surface area contributed by atoms with Crippen molar-refractivity contribution in [3.8, 4) is 0 Å². The molecule has 1 rings (SSSR count). The SMILES string of the molecule is Cc1ncc(C(C)(O)C=O)n1C. The third kappa shape index (κ3) is 1.25. The average Bonchev–Trinajstić information content (AvgIpc) is 2.33. The lowest BCUT2D eigenvalue weighted by atomic mass is 10.1. The highest BCUT2D eigenvalue weighted by molar-refractivity contribution is 5.63. The zero-order valence-electron chi connectivity index (χ0n) is 7.40. The fourth-order valence-corrected chi connectivity index (χ4v) is 1.03. The number of aromatic nitrogens is 2. The summed E-state index contributed by atoms with van der Waals surface area (Å²) in [7, 11) is 1.76. The topological polar surface area (TPSA) is 55.1 Å². The summed E-state index contributed by atoms with van der Waals surface area (Å²) in [6, 6.07) is 0. The first kappa shape index (κ1) is 8.93. The van der Waals surface area contributed by atoms with E-state index in [1.165, 1.54) is 13.1 Å². The molecule has 1 aromatic heterocycles. The van der Waals surface area contributed by atoms with E-state index in [0.717, 1.165) is 5.82 Å². The zero-order valence-corrected chi connectivity index (χ0v) is 7.40. The Hall–Kier alpha value is -1.16. The Bertz CT molecular complexity index is 302. The van der Waals surface area contributed by atoms with E-state index < -0.39 is 5.60 Å². The van der Waals surface area contributed by atoms with Crippen molar-refractivity contribution in [3.05, 3.63) is 17.7 Å². The van der Waals surface area contributed by atoms with Crippen LogP contribution in [-0.2, 0) is 17.4 Å². The first-order valence-corrected chi connectivity index (χ1v) is 3.66. The van der Waals surface area contributed by atoms with Crippen LogP contribution in [0.2, 0.25) is 0 Å². The highest BCUT2D eigenvalue weighted by Crippen LogP contribution is 2.17. The minimum atomic E-state index is -1.43. The molecule has 4 heteroatoms. The van der Waals surface area contributed by atoms with Crippen LogP contribution in [0.25, 0.3) is 0 Å². The number of carbonyl (C=O) groups excluding carboxylic acids is 1. The van der Waals surface area contributed by atoms with Gasteiger partial charge in [-0.1, -0.05) is 0 Å². The maximum Gasteiger partial charge on any atom is 0.158 e. The molecule has 4 nitrogen and oxygen atoms in total. The van der Waals surface area contributed by atoms with Gasteiger partial charge < -0.3 is 9.67 Å². The zero-order chi connectivity index (χ0) is 9.35. The van der Waals surface area contributed by atoms with Crippen LogP contribution < -0.4 is 0 Å². The van der Waals surface area contributed by atoms with Crippen LogP contribution in [0.15, 0.2) is 6.20 Å². The molecule has 0 spiro atoms. The van der Waals surface area contributed by atoms with E-state index in [0.29, 0.717) is 12.0 Å². The van der Waals surface area contributed by atoms with Crippen LogP contribution in [0.4, 0.5) is 0 Å². The van der Waals surface area contributed by atoms with Gasteiger partial charge in [0.2, 0.25) is 0 Å². The lowest BCUT2D eigenvalue weighted by molar-refractivity contribution is -0.123. The van der Waals surface area contributed by atoms with Gasteiger partial charge in [0, 0.05) is 7.05 Å². The molecule has 66 valence electrons. The summed E-state index contributed by atoms with van der Waals surface area (Å²) in [6.07, 6.45) is 2.01. The number of carbonyl (C=O) groups is 1. The summed E-state index contributed by atoms with van der Waals surface area (Å²) in [5.41, 5.74) is -0.925. The molecule has 0 radical (unpaired) electrons. The smallest absolute Gasteiger partial charge is 0.158 e. The van der Waals surface area contributed by atoms with E-state index in [9.17, 15) is 9.90 Å². The van der Waals surface area contributed by atoms with Gasteiger partial charge in [0.05, 0.1) is 11.9 Å². The quantitative estimate of drug-likeness (QED) is 0.639. The van der Waals surface area contributed by atoms with Gasteiger partial charge in [-0.3, -0.25) is 4.79 Å². The van der Waals surface area contributed by atoms with Gasteiger partial charge in [-0.15, -0.1) is 0 Å². The van der Waals surface area contributed by atoms with Crippen LogP contribution >= 0.6 is 0 Å². The van der Waals surface area contributed by atoms with Crippen LogP contribution in [0.1, 0.15) is 18.4 Å². The fraction of sp³-hybridized carbons (Fsp3) is 0.500. The summed E-state index contributed by atoms with van der Waals surface area (Å²) < 4.78 is 1.69. The Balaban J connectivity index is 3.19. The number of aldehydes is 1. The molecule has 1 unspecified atom stereocenters. The second kappa shape index (κ2) is 2.71. The van der Waals surface area contributed by atoms with E-state index in [4.69, 9.17) is 0 Å². The van der Waals surface area contributed by atoms with Gasteiger partial charge in [-0.05, 0) is 13.8 Å². The Kier molecular flexibility index (Phi) is 2.02.